The zero-order valence-corrected chi connectivity index (χ0v) is 20.7. The minimum Gasteiger partial charge on any atom is -0.497 e. The zero-order valence-electron chi connectivity index (χ0n) is 19.9. The summed E-state index contributed by atoms with van der Waals surface area (Å²) in [5.41, 5.74) is 4.08. The summed E-state index contributed by atoms with van der Waals surface area (Å²) < 4.78 is 13.3. The lowest BCUT2D eigenvalue weighted by Gasteiger charge is -2.20. The Morgan fingerprint density at radius 2 is 1.94 bits per heavy atom. The summed E-state index contributed by atoms with van der Waals surface area (Å²) in [6, 6.07) is 11.8. The monoisotopic (exact) mass is 478 g/mol. The molecule has 1 saturated carbocycles. The summed E-state index contributed by atoms with van der Waals surface area (Å²) in [5.74, 6) is 1.76. The molecule has 0 unspecified atom stereocenters. The van der Waals surface area contributed by atoms with Crippen molar-refractivity contribution in [2.75, 3.05) is 12.9 Å². The van der Waals surface area contributed by atoms with Crippen LogP contribution in [0.2, 0.25) is 0 Å². The van der Waals surface area contributed by atoms with Crippen LogP contribution in [0, 0.1) is 13.8 Å². The van der Waals surface area contributed by atoms with Gasteiger partial charge in [-0.3, -0.25) is 4.79 Å². The number of furan rings is 1. The minimum absolute atomic E-state index is 0.0498. The topological polar surface area (TPSA) is 72.9 Å². The van der Waals surface area contributed by atoms with E-state index < -0.39 is 0 Å². The van der Waals surface area contributed by atoms with E-state index in [1.807, 2.05) is 43.3 Å². The van der Waals surface area contributed by atoms with Crippen LogP contribution in [0.15, 0.2) is 57.3 Å². The van der Waals surface area contributed by atoms with Crippen molar-refractivity contribution in [1.29, 1.82) is 0 Å². The molecule has 0 saturated heterocycles. The molecule has 178 valence electrons. The summed E-state index contributed by atoms with van der Waals surface area (Å²) in [6.07, 6.45) is 7.12. The Bertz CT molecular complexity index is 1180. The maximum atomic E-state index is 13.4. The highest BCUT2D eigenvalue weighted by Crippen LogP contribution is 2.37. The molecule has 1 aromatic carbocycles. The molecule has 2 aromatic heterocycles. The van der Waals surface area contributed by atoms with E-state index in [4.69, 9.17) is 19.2 Å². The van der Waals surface area contributed by atoms with Crippen molar-refractivity contribution in [2.45, 2.75) is 63.2 Å². The van der Waals surface area contributed by atoms with Crippen LogP contribution < -0.4 is 4.74 Å². The Balaban J connectivity index is 1.36. The van der Waals surface area contributed by atoms with Gasteiger partial charge in [-0.2, -0.15) is 5.10 Å². The number of hydrazone groups is 1. The summed E-state index contributed by atoms with van der Waals surface area (Å²) in [5, 5.41) is 7.27. The van der Waals surface area contributed by atoms with Crippen LogP contribution in [-0.2, 0) is 4.79 Å². The number of hydrogen-bond donors (Lipinski definition) is 0. The van der Waals surface area contributed by atoms with Gasteiger partial charge < -0.3 is 13.7 Å². The Kier molecular flexibility index (Phi) is 6.50. The van der Waals surface area contributed by atoms with Crippen molar-refractivity contribution in [1.82, 2.24) is 14.6 Å². The predicted molar refractivity (Wildman–Crippen MR) is 132 cm³/mol. The highest BCUT2D eigenvalue weighted by molar-refractivity contribution is 7.99. The van der Waals surface area contributed by atoms with E-state index in [-0.39, 0.29) is 17.7 Å². The van der Waals surface area contributed by atoms with Crippen molar-refractivity contribution in [3.63, 3.8) is 0 Å². The lowest BCUT2D eigenvalue weighted by atomic mass is 10.0. The van der Waals surface area contributed by atoms with Gasteiger partial charge in [0.15, 0.2) is 5.16 Å². The van der Waals surface area contributed by atoms with Crippen molar-refractivity contribution < 1.29 is 13.9 Å². The van der Waals surface area contributed by atoms with Crippen molar-refractivity contribution in [3.8, 4) is 5.75 Å². The number of ether oxygens (including phenoxy) is 1. The first-order valence-corrected chi connectivity index (χ1v) is 12.8. The van der Waals surface area contributed by atoms with Gasteiger partial charge in [0, 0.05) is 18.2 Å². The van der Waals surface area contributed by atoms with Gasteiger partial charge in [-0.1, -0.05) is 24.6 Å². The van der Waals surface area contributed by atoms with Crippen LogP contribution in [0.5, 0.6) is 5.75 Å². The van der Waals surface area contributed by atoms with E-state index in [0.717, 1.165) is 33.6 Å². The third kappa shape index (κ3) is 4.39. The lowest BCUT2D eigenvalue weighted by Crippen LogP contribution is -2.28. The quantitative estimate of drug-likeness (QED) is 0.408. The van der Waals surface area contributed by atoms with Gasteiger partial charge in [0.1, 0.15) is 17.6 Å². The molecule has 1 fully saturated rings. The summed E-state index contributed by atoms with van der Waals surface area (Å²) in [6.45, 7) is 4.18. The number of carbonyl (C=O) groups excluding carboxylic acids is 1. The second-order valence-electron chi connectivity index (χ2n) is 8.91. The molecule has 1 aliphatic carbocycles. The highest BCUT2D eigenvalue weighted by atomic mass is 32.2. The van der Waals surface area contributed by atoms with Gasteiger partial charge in [-0.25, -0.2) is 9.99 Å². The van der Waals surface area contributed by atoms with Gasteiger partial charge in [-0.05, 0) is 68.7 Å². The number of methoxy groups -OCH3 is 1. The van der Waals surface area contributed by atoms with Crippen molar-refractivity contribution in [2.24, 2.45) is 5.10 Å². The second kappa shape index (κ2) is 9.70. The van der Waals surface area contributed by atoms with Gasteiger partial charge in [0.05, 0.1) is 30.5 Å². The number of rotatable bonds is 7. The van der Waals surface area contributed by atoms with Gasteiger partial charge in [0.25, 0.3) is 5.91 Å². The fraction of sp³-hybridized carbons (Fsp3) is 0.423. The first-order valence-electron chi connectivity index (χ1n) is 11.8. The number of nitrogens with zero attached hydrogens (tertiary/aromatic N) is 4. The normalized spacial score (nSPS) is 18.5. The summed E-state index contributed by atoms with van der Waals surface area (Å²) in [4.78, 5) is 18.2. The third-order valence-corrected chi connectivity index (χ3v) is 7.77. The minimum atomic E-state index is -0.252. The predicted octanol–water partition coefficient (Wildman–Crippen LogP) is 5.69. The van der Waals surface area contributed by atoms with Crippen LogP contribution >= 0.6 is 11.8 Å². The molecule has 0 bridgehead atoms. The van der Waals surface area contributed by atoms with E-state index in [9.17, 15) is 4.79 Å². The van der Waals surface area contributed by atoms with Crippen LogP contribution in [0.3, 0.4) is 0 Å². The number of imidazole rings is 1. The second-order valence-corrected chi connectivity index (χ2v) is 9.85. The van der Waals surface area contributed by atoms with Gasteiger partial charge in [0.2, 0.25) is 0 Å². The number of aromatic nitrogens is 2. The molecule has 5 rings (SSSR count). The maximum absolute atomic E-state index is 13.4. The molecule has 3 aromatic rings. The standard InChI is InChI=1S/C26H30N4O3S/c1-17-18(2)29(20-7-4-5-8-20)26(27-17)34-16-25(31)30-23(24-9-6-14-33-24)15-22(28-30)19-10-12-21(32-3)13-11-19/h6,9-14,20,23H,4-5,7-8,15-16H2,1-3H3/t23-/m0/s1. The van der Waals surface area contributed by atoms with E-state index >= 15 is 0 Å². The largest absolute Gasteiger partial charge is 0.497 e. The molecule has 0 N–H and O–H groups in total. The molecule has 1 amide bonds. The van der Waals surface area contributed by atoms with Crippen molar-refractivity contribution in [3.05, 3.63) is 65.4 Å². The highest BCUT2D eigenvalue weighted by Gasteiger charge is 2.35. The number of thioether (sulfide) groups is 1. The van der Waals surface area contributed by atoms with E-state index in [2.05, 4.69) is 11.5 Å². The lowest BCUT2D eigenvalue weighted by molar-refractivity contribution is -0.130. The number of benzene rings is 1. The van der Waals surface area contributed by atoms with Gasteiger partial charge >= 0.3 is 0 Å². The third-order valence-electron chi connectivity index (χ3n) is 6.83. The Hall–Kier alpha value is -3.00. The van der Waals surface area contributed by atoms with Crippen LogP contribution in [0.25, 0.3) is 0 Å². The fourth-order valence-corrected chi connectivity index (χ4v) is 5.89. The SMILES string of the molecule is COc1ccc(C2=NN(C(=O)CSc3nc(C)c(C)n3C3CCCC3)[C@H](c3ccco3)C2)cc1. The van der Waals surface area contributed by atoms with Crippen LogP contribution in [-0.4, -0.2) is 39.0 Å². The molecule has 0 radical (unpaired) electrons. The molecular weight excluding hydrogens is 448 g/mol. The Labute approximate surface area is 204 Å². The van der Waals surface area contributed by atoms with Gasteiger partial charge in [-0.15, -0.1) is 0 Å². The zero-order chi connectivity index (χ0) is 23.7. The Morgan fingerprint density at radius 1 is 1.18 bits per heavy atom. The fourth-order valence-electron chi connectivity index (χ4n) is 4.88. The average Bonchev–Trinajstić information content (AvgIpc) is 3.65. The molecule has 1 aliphatic heterocycles. The first-order chi connectivity index (χ1) is 16.5. The van der Waals surface area contributed by atoms with E-state index in [1.54, 1.807) is 18.4 Å². The first kappa shape index (κ1) is 22.8. The van der Waals surface area contributed by atoms with Crippen LogP contribution in [0.4, 0.5) is 0 Å². The van der Waals surface area contributed by atoms with E-state index in [1.165, 1.54) is 43.1 Å². The number of amides is 1. The Morgan fingerprint density at radius 3 is 2.62 bits per heavy atom. The molecule has 8 heteroatoms. The molecule has 7 nitrogen and oxygen atoms in total. The molecule has 0 spiro atoms. The molecule has 3 heterocycles. The summed E-state index contributed by atoms with van der Waals surface area (Å²) >= 11 is 1.51. The van der Waals surface area contributed by atoms with Crippen LogP contribution in [0.1, 0.15) is 66.9 Å². The molecule has 1 atom stereocenters. The molecular formula is C26H30N4O3S. The van der Waals surface area contributed by atoms with E-state index in [0.29, 0.717) is 12.5 Å². The number of aryl methyl sites for hydroxylation is 1. The number of carbonyl (C=O) groups is 1. The average molecular weight is 479 g/mol. The maximum Gasteiger partial charge on any atom is 0.253 e. The smallest absolute Gasteiger partial charge is 0.253 e. The summed E-state index contributed by atoms with van der Waals surface area (Å²) in [7, 11) is 1.65. The molecule has 34 heavy (non-hydrogen) atoms. The van der Waals surface area contributed by atoms with Crippen molar-refractivity contribution >= 4 is 23.4 Å². The number of hydrogen-bond acceptors (Lipinski definition) is 6. The molecule has 2 aliphatic rings.